The van der Waals surface area contributed by atoms with Gasteiger partial charge in [-0.05, 0) is 12.1 Å². The minimum absolute atomic E-state index is 0.236. The largest absolute Gasteiger partial charge is 0.294 e. The van der Waals surface area contributed by atoms with E-state index in [0.717, 1.165) is 0 Å². The summed E-state index contributed by atoms with van der Waals surface area (Å²) >= 11 is 0. The van der Waals surface area contributed by atoms with Crippen molar-refractivity contribution in [2.24, 2.45) is 5.84 Å². The number of aromatic nitrogens is 1. The third-order valence-electron chi connectivity index (χ3n) is 1.48. The molecule has 68 valence electrons. The number of ketones is 1. The first-order chi connectivity index (χ1) is 6.24. The lowest BCUT2D eigenvalue weighted by molar-refractivity contribution is -0.120. The average Bonchev–Trinajstić information content (AvgIpc) is 2.19. The van der Waals surface area contributed by atoms with Crippen LogP contribution in [0.4, 0.5) is 0 Å². The molecule has 0 aliphatic carbocycles. The molecule has 0 fully saturated rings. The van der Waals surface area contributed by atoms with E-state index in [1.807, 2.05) is 5.43 Å². The van der Waals surface area contributed by atoms with Crippen LogP contribution >= 0.6 is 0 Å². The lowest BCUT2D eigenvalue weighted by atomic mass is 10.1. The van der Waals surface area contributed by atoms with Gasteiger partial charge in [0.25, 0.3) is 0 Å². The first kappa shape index (κ1) is 9.34. The summed E-state index contributed by atoms with van der Waals surface area (Å²) in [4.78, 5) is 25.7. The molecule has 0 radical (unpaired) electrons. The van der Waals surface area contributed by atoms with Gasteiger partial charge in [0.2, 0.25) is 5.91 Å². The van der Waals surface area contributed by atoms with Crippen molar-refractivity contribution >= 4 is 11.7 Å². The fourth-order valence-electron chi connectivity index (χ4n) is 0.837. The van der Waals surface area contributed by atoms with Crippen LogP contribution in [0.5, 0.6) is 0 Å². The van der Waals surface area contributed by atoms with Crippen LogP contribution < -0.4 is 11.3 Å². The van der Waals surface area contributed by atoms with E-state index in [-0.39, 0.29) is 12.2 Å². The van der Waals surface area contributed by atoms with E-state index >= 15 is 0 Å². The summed E-state index contributed by atoms with van der Waals surface area (Å²) in [6.07, 6.45) is 2.75. The second-order valence-corrected chi connectivity index (χ2v) is 2.40. The topological polar surface area (TPSA) is 85.1 Å². The highest BCUT2D eigenvalue weighted by Crippen LogP contribution is 2.00. The van der Waals surface area contributed by atoms with Crippen molar-refractivity contribution in [3.05, 3.63) is 30.1 Å². The van der Waals surface area contributed by atoms with Gasteiger partial charge in [-0.1, -0.05) is 0 Å². The molecule has 0 saturated carbocycles. The SMILES string of the molecule is NNC(=O)CC(=O)c1ccncc1. The van der Waals surface area contributed by atoms with Crippen LogP contribution in [-0.2, 0) is 4.79 Å². The van der Waals surface area contributed by atoms with Gasteiger partial charge in [-0.15, -0.1) is 0 Å². The molecular formula is C8H9N3O2. The molecule has 0 unspecified atom stereocenters. The number of nitrogens with two attached hydrogens (primary N) is 1. The molecule has 13 heavy (non-hydrogen) atoms. The van der Waals surface area contributed by atoms with Crippen LogP contribution in [0.25, 0.3) is 0 Å². The van der Waals surface area contributed by atoms with Gasteiger partial charge in [0, 0.05) is 18.0 Å². The van der Waals surface area contributed by atoms with Gasteiger partial charge in [0.05, 0.1) is 6.42 Å². The number of Topliss-reactive ketones (excluding diaryl/α,β-unsaturated/α-hetero) is 1. The first-order valence-corrected chi connectivity index (χ1v) is 3.66. The summed E-state index contributed by atoms with van der Waals surface area (Å²) in [6.45, 7) is 0. The molecule has 0 atom stereocenters. The van der Waals surface area contributed by atoms with Gasteiger partial charge < -0.3 is 0 Å². The fourth-order valence-corrected chi connectivity index (χ4v) is 0.837. The molecule has 1 amide bonds. The third kappa shape index (κ3) is 2.64. The van der Waals surface area contributed by atoms with E-state index < -0.39 is 5.91 Å². The molecule has 5 heteroatoms. The van der Waals surface area contributed by atoms with Crippen molar-refractivity contribution in [1.29, 1.82) is 0 Å². The smallest absolute Gasteiger partial charge is 0.241 e. The van der Waals surface area contributed by atoms with Gasteiger partial charge >= 0.3 is 0 Å². The van der Waals surface area contributed by atoms with E-state index in [9.17, 15) is 9.59 Å². The maximum atomic E-state index is 11.3. The molecule has 5 nitrogen and oxygen atoms in total. The summed E-state index contributed by atoms with van der Waals surface area (Å²) in [7, 11) is 0. The number of carbonyl (C=O) groups excluding carboxylic acids is 2. The van der Waals surface area contributed by atoms with Gasteiger partial charge in [-0.25, -0.2) is 5.84 Å². The number of nitrogens with one attached hydrogen (secondary N) is 1. The van der Waals surface area contributed by atoms with E-state index in [1.54, 1.807) is 12.1 Å². The summed E-state index contributed by atoms with van der Waals surface area (Å²) < 4.78 is 0. The first-order valence-electron chi connectivity index (χ1n) is 3.66. The molecule has 1 aromatic heterocycles. The number of hydrogen-bond donors (Lipinski definition) is 2. The van der Waals surface area contributed by atoms with Gasteiger partial charge in [-0.2, -0.15) is 0 Å². The molecule has 0 saturated heterocycles. The van der Waals surface area contributed by atoms with E-state index in [1.165, 1.54) is 12.4 Å². The second kappa shape index (κ2) is 4.32. The van der Waals surface area contributed by atoms with E-state index in [2.05, 4.69) is 4.98 Å². The normalized spacial score (nSPS) is 9.31. The number of rotatable bonds is 3. The summed E-state index contributed by atoms with van der Waals surface area (Å²) in [5.74, 6) is 4.06. The van der Waals surface area contributed by atoms with Crippen LogP contribution in [0.15, 0.2) is 24.5 Å². The summed E-state index contributed by atoms with van der Waals surface area (Å²) in [6, 6.07) is 3.10. The monoisotopic (exact) mass is 179 g/mol. The summed E-state index contributed by atoms with van der Waals surface area (Å²) in [5.41, 5.74) is 2.35. The Balaban J connectivity index is 2.65. The predicted octanol–water partition coefficient (Wildman–Crippen LogP) is -0.356. The maximum Gasteiger partial charge on any atom is 0.241 e. The standard InChI is InChI=1S/C8H9N3O2/c9-11-8(13)5-7(12)6-1-3-10-4-2-6/h1-4H,5,9H2,(H,11,13). The highest BCUT2D eigenvalue weighted by molar-refractivity contribution is 6.07. The molecule has 1 heterocycles. The van der Waals surface area contributed by atoms with Crippen LogP contribution in [0.3, 0.4) is 0 Å². The number of hydrogen-bond acceptors (Lipinski definition) is 4. The van der Waals surface area contributed by atoms with Crippen molar-refractivity contribution in [2.75, 3.05) is 0 Å². The lowest BCUT2D eigenvalue weighted by Gasteiger charge is -1.98. The van der Waals surface area contributed by atoms with Crippen LogP contribution in [0, 0.1) is 0 Å². The van der Waals surface area contributed by atoms with E-state index in [0.29, 0.717) is 5.56 Å². The Morgan fingerprint density at radius 3 is 2.54 bits per heavy atom. The Kier molecular flexibility index (Phi) is 3.10. The molecule has 0 bridgehead atoms. The Labute approximate surface area is 74.9 Å². The predicted molar refractivity (Wildman–Crippen MR) is 45.5 cm³/mol. The zero-order chi connectivity index (χ0) is 9.68. The maximum absolute atomic E-state index is 11.3. The lowest BCUT2D eigenvalue weighted by Crippen LogP contribution is -2.31. The highest BCUT2D eigenvalue weighted by atomic mass is 16.2. The van der Waals surface area contributed by atoms with Crippen molar-refractivity contribution in [3.63, 3.8) is 0 Å². The zero-order valence-corrected chi connectivity index (χ0v) is 6.86. The zero-order valence-electron chi connectivity index (χ0n) is 6.86. The second-order valence-electron chi connectivity index (χ2n) is 2.40. The van der Waals surface area contributed by atoms with Gasteiger partial charge in [0.15, 0.2) is 5.78 Å². The Hall–Kier alpha value is -1.75. The van der Waals surface area contributed by atoms with Gasteiger partial charge in [0.1, 0.15) is 0 Å². The number of hydrazine groups is 1. The Morgan fingerprint density at radius 2 is 2.00 bits per heavy atom. The van der Waals surface area contributed by atoms with Crippen molar-refractivity contribution < 1.29 is 9.59 Å². The third-order valence-corrected chi connectivity index (χ3v) is 1.48. The van der Waals surface area contributed by atoms with Gasteiger partial charge in [-0.3, -0.25) is 20.0 Å². The minimum atomic E-state index is -0.498. The number of carbonyl (C=O) groups is 2. The Bertz CT molecular complexity index is 310. The van der Waals surface area contributed by atoms with Crippen molar-refractivity contribution in [2.45, 2.75) is 6.42 Å². The minimum Gasteiger partial charge on any atom is -0.294 e. The van der Waals surface area contributed by atoms with Crippen LogP contribution in [0.2, 0.25) is 0 Å². The molecule has 1 aromatic rings. The van der Waals surface area contributed by atoms with Crippen LogP contribution in [0.1, 0.15) is 16.8 Å². The fraction of sp³-hybridized carbons (Fsp3) is 0.125. The quantitative estimate of drug-likeness (QED) is 0.218. The molecule has 0 aliphatic rings. The Morgan fingerprint density at radius 1 is 1.38 bits per heavy atom. The molecular weight excluding hydrogens is 170 g/mol. The number of nitrogens with zero attached hydrogens (tertiary/aromatic N) is 1. The molecule has 0 aromatic carbocycles. The number of pyridine rings is 1. The van der Waals surface area contributed by atoms with E-state index in [4.69, 9.17) is 5.84 Å². The number of amides is 1. The van der Waals surface area contributed by atoms with Crippen molar-refractivity contribution in [3.8, 4) is 0 Å². The van der Waals surface area contributed by atoms with Crippen molar-refractivity contribution in [1.82, 2.24) is 10.4 Å². The molecule has 0 aliphatic heterocycles. The highest BCUT2D eigenvalue weighted by Gasteiger charge is 2.09. The molecule has 1 rings (SSSR count). The molecule has 3 N–H and O–H groups in total. The average molecular weight is 179 g/mol. The summed E-state index contributed by atoms with van der Waals surface area (Å²) in [5, 5.41) is 0. The van der Waals surface area contributed by atoms with Crippen LogP contribution in [-0.4, -0.2) is 16.7 Å². The molecule has 0 spiro atoms.